The van der Waals surface area contributed by atoms with Crippen LogP contribution in [0.2, 0.25) is 0 Å². The summed E-state index contributed by atoms with van der Waals surface area (Å²) in [6.45, 7) is 4.09. The standard InChI is InChI=1S/C14H14N2O4/c1-8(2)9-3-5-10(6-4-9)16-7-11(13(18)19)12(17)15-14(16)20/h3-8H,1-2H3,(H,18,19)(H,15,17,20). The van der Waals surface area contributed by atoms with Crippen molar-refractivity contribution in [1.29, 1.82) is 0 Å². The molecule has 2 aromatic rings. The molecule has 6 nitrogen and oxygen atoms in total. The van der Waals surface area contributed by atoms with E-state index >= 15 is 0 Å². The Labute approximate surface area is 114 Å². The molecule has 0 aliphatic rings. The Bertz CT molecular complexity index is 754. The number of nitrogens with one attached hydrogen (secondary N) is 1. The molecule has 0 fully saturated rings. The number of hydrogen-bond acceptors (Lipinski definition) is 3. The van der Waals surface area contributed by atoms with Crippen molar-refractivity contribution in [2.75, 3.05) is 0 Å². The molecule has 1 aromatic carbocycles. The molecule has 20 heavy (non-hydrogen) atoms. The number of H-pyrrole nitrogens is 1. The van der Waals surface area contributed by atoms with E-state index in [1.165, 1.54) is 0 Å². The van der Waals surface area contributed by atoms with Crippen LogP contribution in [0.15, 0.2) is 40.1 Å². The number of rotatable bonds is 3. The van der Waals surface area contributed by atoms with Gasteiger partial charge in [-0.3, -0.25) is 14.3 Å². The first kappa shape index (κ1) is 13.8. The number of carbonyl (C=O) groups is 1. The van der Waals surface area contributed by atoms with Gasteiger partial charge in [0.1, 0.15) is 5.56 Å². The van der Waals surface area contributed by atoms with Crippen LogP contribution in [0, 0.1) is 0 Å². The molecule has 1 aromatic heterocycles. The lowest BCUT2D eigenvalue weighted by Crippen LogP contribution is -2.32. The Kier molecular flexibility index (Phi) is 3.56. The Hall–Kier alpha value is -2.63. The Morgan fingerprint density at radius 2 is 1.80 bits per heavy atom. The lowest BCUT2D eigenvalue weighted by molar-refractivity contribution is 0.0694. The third-order valence-corrected chi connectivity index (χ3v) is 3.01. The molecule has 0 atom stereocenters. The summed E-state index contributed by atoms with van der Waals surface area (Å²) in [5, 5.41) is 8.91. The molecule has 2 N–H and O–H groups in total. The van der Waals surface area contributed by atoms with Gasteiger partial charge in [-0.05, 0) is 23.6 Å². The second-order valence-corrected chi connectivity index (χ2v) is 4.72. The maximum Gasteiger partial charge on any atom is 0.342 e. The highest BCUT2D eigenvalue weighted by atomic mass is 16.4. The van der Waals surface area contributed by atoms with Crippen LogP contribution in [-0.2, 0) is 0 Å². The van der Waals surface area contributed by atoms with Crippen molar-refractivity contribution in [1.82, 2.24) is 9.55 Å². The van der Waals surface area contributed by atoms with E-state index in [1.807, 2.05) is 31.0 Å². The number of aromatic amines is 1. The van der Waals surface area contributed by atoms with Crippen LogP contribution in [0.25, 0.3) is 5.69 Å². The zero-order valence-electron chi connectivity index (χ0n) is 11.1. The summed E-state index contributed by atoms with van der Waals surface area (Å²) in [6.07, 6.45) is 1.04. The number of aromatic nitrogens is 2. The van der Waals surface area contributed by atoms with E-state index in [0.717, 1.165) is 16.3 Å². The highest BCUT2D eigenvalue weighted by Gasteiger charge is 2.12. The van der Waals surface area contributed by atoms with Crippen molar-refractivity contribution in [2.24, 2.45) is 0 Å². The van der Waals surface area contributed by atoms with Crippen molar-refractivity contribution in [2.45, 2.75) is 19.8 Å². The molecule has 0 amide bonds. The molecule has 0 spiro atoms. The topological polar surface area (TPSA) is 92.2 Å². The Morgan fingerprint density at radius 1 is 1.20 bits per heavy atom. The van der Waals surface area contributed by atoms with Crippen LogP contribution in [-0.4, -0.2) is 20.6 Å². The minimum Gasteiger partial charge on any atom is -0.477 e. The summed E-state index contributed by atoms with van der Waals surface area (Å²) in [4.78, 5) is 36.0. The van der Waals surface area contributed by atoms with Gasteiger partial charge in [0.2, 0.25) is 0 Å². The Balaban J connectivity index is 2.57. The Morgan fingerprint density at radius 3 is 2.30 bits per heavy atom. The number of hydrogen-bond donors (Lipinski definition) is 2. The summed E-state index contributed by atoms with van der Waals surface area (Å²) < 4.78 is 1.11. The quantitative estimate of drug-likeness (QED) is 0.883. The fourth-order valence-corrected chi connectivity index (χ4v) is 1.83. The lowest BCUT2D eigenvalue weighted by Gasteiger charge is -2.09. The van der Waals surface area contributed by atoms with Crippen molar-refractivity contribution in [3.05, 3.63) is 62.4 Å². The molecule has 0 radical (unpaired) electrons. The first-order valence-corrected chi connectivity index (χ1v) is 6.09. The van der Waals surface area contributed by atoms with Gasteiger partial charge in [-0.2, -0.15) is 0 Å². The van der Waals surface area contributed by atoms with E-state index in [4.69, 9.17) is 5.11 Å². The third-order valence-electron chi connectivity index (χ3n) is 3.01. The van der Waals surface area contributed by atoms with Gasteiger partial charge in [0.25, 0.3) is 5.56 Å². The molecule has 0 unspecified atom stereocenters. The summed E-state index contributed by atoms with van der Waals surface area (Å²) in [5.74, 6) is -1.02. The van der Waals surface area contributed by atoms with Gasteiger partial charge in [0, 0.05) is 6.20 Å². The number of aromatic carboxylic acids is 1. The van der Waals surface area contributed by atoms with Gasteiger partial charge in [-0.25, -0.2) is 9.59 Å². The molecule has 104 valence electrons. The summed E-state index contributed by atoms with van der Waals surface area (Å²) in [6, 6.07) is 7.14. The van der Waals surface area contributed by atoms with Crippen LogP contribution in [0.4, 0.5) is 0 Å². The summed E-state index contributed by atoms with van der Waals surface area (Å²) >= 11 is 0. The number of carboxylic acids is 1. The molecular formula is C14H14N2O4. The van der Waals surface area contributed by atoms with Crippen molar-refractivity contribution < 1.29 is 9.90 Å². The predicted octanol–water partition coefficient (Wildman–Crippen LogP) is 1.35. The molecule has 6 heteroatoms. The molecule has 1 heterocycles. The van der Waals surface area contributed by atoms with Crippen LogP contribution in [0.5, 0.6) is 0 Å². The second-order valence-electron chi connectivity index (χ2n) is 4.72. The smallest absolute Gasteiger partial charge is 0.342 e. The molecular weight excluding hydrogens is 260 g/mol. The summed E-state index contributed by atoms with van der Waals surface area (Å²) in [5.41, 5.74) is -0.449. The lowest BCUT2D eigenvalue weighted by atomic mass is 10.0. The maximum absolute atomic E-state index is 11.7. The zero-order valence-corrected chi connectivity index (χ0v) is 11.1. The average molecular weight is 274 g/mol. The highest BCUT2D eigenvalue weighted by Crippen LogP contribution is 2.15. The third kappa shape index (κ3) is 2.54. The average Bonchev–Trinajstić information content (AvgIpc) is 2.38. The predicted molar refractivity (Wildman–Crippen MR) is 73.7 cm³/mol. The number of benzene rings is 1. The van der Waals surface area contributed by atoms with Crippen molar-refractivity contribution in [3.8, 4) is 5.69 Å². The van der Waals surface area contributed by atoms with Gasteiger partial charge in [0.05, 0.1) is 5.69 Å². The molecule has 0 aliphatic heterocycles. The van der Waals surface area contributed by atoms with Crippen LogP contribution < -0.4 is 11.2 Å². The largest absolute Gasteiger partial charge is 0.477 e. The molecule has 2 rings (SSSR count). The summed E-state index contributed by atoms with van der Waals surface area (Å²) in [7, 11) is 0. The molecule has 0 saturated heterocycles. The van der Waals surface area contributed by atoms with E-state index in [0.29, 0.717) is 11.6 Å². The van der Waals surface area contributed by atoms with E-state index in [1.54, 1.807) is 12.1 Å². The monoisotopic (exact) mass is 274 g/mol. The van der Waals surface area contributed by atoms with Crippen molar-refractivity contribution >= 4 is 5.97 Å². The minimum absolute atomic E-state index is 0.353. The maximum atomic E-state index is 11.7. The van der Waals surface area contributed by atoms with E-state index in [9.17, 15) is 14.4 Å². The fraction of sp³-hybridized carbons (Fsp3) is 0.214. The van der Waals surface area contributed by atoms with Gasteiger partial charge >= 0.3 is 11.7 Å². The second kappa shape index (κ2) is 5.16. The van der Waals surface area contributed by atoms with E-state index < -0.39 is 22.8 Å². The normalized spacial score (nSPS) is 10.8. The van der Waals surface area contributed by atoms with E-state index in [2.05, 4.69) is 0 Å². The van der Waals surface area contributed by atoms with Crippen molar-refractivity contribution in [3.63, 3.8) is 0 Å². The van der Waals surface area contributed by atoms with Crippen LogP contribution >= 0.6 is 0 Å². The number of nitrogens with zero attached hydrogens (tertiary/aromatic N) is 1. The zero-order chi connectivity index (χ0) is 14.9. The first-order chi connectivity index (χ1) is 9.40. The van der Waals surface area contributed by atoms with Crippen LogP contribution in [0.1, 0.15) is 35.7 Å². The van der Waals surface area contributed by atoms with Gasteiger partial charge < -0.3 is 5.11 Å². The minimum atomic E-state index is -1.38. The number of carboxylic acid groups (broad SMARTS) is 1. The highest BCUT2D eigenvalue weighted by molar-refractivity contribution is 5.86. The van der Waals surface area contributed by atoms with Gasteiger partial charge in [-0.15, -0.1) is 0 Å². The fourth-order valence-electron chi connectivity index (χ4n) is 1.83. The molecule has 0 saturated carbocycles. The SMILES string of the molecule is CC(C)c1ccc(-n2cc(C(=O)O)c(=O)[nH]c2=O)cc1. The van der Waals surface area contributed by atoms with E-state index in [-0.39, 0.29) is 0 Å². The van der Waals surface area contributed by atoms with Crippen LogP contribution in [0.3, 0.4) is 0 Å². The van der Waals surface area contributed by atoms with Gasteiger partial charge in [-0.1, -0.05) is 26.0 Å². The molecule has 0 bridgehead atoms. The first-order valence-electron chi connectivity index (χ1n) is 6.09. The molecule has 0 aliphatic carbocycles. The van der Waals surface area contributed by atoms with Gasteiger partial charge in [0.15, 0.2) is 0 Å².